The molecule has 21 heavy (non-hydrogen) atoms. The minimum absolute atomic E-state index is 0.197. The molecule has 0 aliphatic carbocycles. The van der Waals surface area contributed by atoms with E-state index >= 15 is 0 Å². The molecule has 2 aromatic carbocycles. The van der Waals surface area contributed by atoms with Gasteiger partial charge in [-0.2, -0.15) is 0 Å². The summed E-state index contributed by atoms with van der Waals surface area (Å²) < 4.78 is 0.774. The number of fused-ring (bicyclic) bond motifs is 1. The third-order valence-corrected chi connectivity index (χ3v) is 3.84. The number of nitrogens with one attached hydrogen (secondary N) is 1. The second-order valence-electron chi connectivity index (χ2n) is 4.60. The molecule has 0 saturated heterocycles. The molecule has 0 aliphatic heterocycles. The highest BCUT2D eigenvalue weighted by Crippen LogP contribution is 2.22. The van der Waals surface area contributed by atoms with E-state index in [2.05, 4.69) is 26.2 Å². The van der Waals surface area contributed by atoms with Gasteiger partial charge in [-0.3, -0.25) is 9.78 Å². The van der Waals surface area contributed by atoms with Crippen molar-refractivity contribution in [3.63, 3.8) is 0 Å². The summed E-state index contributed by atoms with van der Waals surface area (Å²) in [4.78, 5) is 16.5. The molecule has 1 aromatic heterocycles. The van der Waals surface area contributed by atoms with Gasteiger partial charge in [0, 0.05) is 33.0 Å². The Labute approximate surface area is 130 Å². The Kier molecular flexibility index (Phi) is 3.58. The smallest absolute Gasteiger partial charge is 0.255 e. The van der Waals surface area contributed by atoms with Gasteiger partial charge in [0.1, 0.15) is 0 Å². The van der Waals surface area contributed by atoms with Crippen molar-refractivity contribution in [2.45, 2.75) is 0 Å². The molecule has 0 radical (unpaired) electrons. The molecule has 0 fully saturated rings. The third kappa shape index (κ3) is 2.87. The van der Waals surface area contributed by atoms with Gasteiger partial charge in [-0.05, 0) is 58.4 Å². The summed E-state index contributed by atoms with van der Waals surface area (Å²) in [7, 11) is 0. The van der Waals surface area contributed by atoms with Crippen LogP contribution in [-0.4, -0.2) is 10.9 Å². The Morgan fingerprint density at radius 1 is 1.14 bits per heavy atom. The Balaban J connectivity index is 1.87. The van der Waals surface area contributed by atoms with Gasteiger partial charge in [0.05, 0.1) is 5.52 Å². The summed E-state index contributed by atoms with van der Waals surface area (Å²) in [5.74, 6) is -0.197. The maximum absolute atomic E-state index is 12.2. The predicted molar refractivity (Wildman–Crippen MR) is 88.3 cm³/mol. The lowest BCUT2D eigenvalue weighted by atomic mass is 10.1. The van der Waals surface area contributed by atoms with E-state index in [-0.39, 0.29) is 5.91 Å². The topological polar surface area (TPSA) is 68.0 Å². The van der Waals surface area contributed by atoms with Crippen LogP contribution in [0.15, 0.2) is 59.2 Å². The Morgan fingerprint density at radius 3 is 2.81 bits per heavy atom. The van der Waals surface area contributed by atoms with Crippen LogP contribution in [0.5, 0.6) is 0 Å². The zero-order chi connectivity index (χ0) is 14.8. The molecular formula is C16H12BrN3O. The fraction of sp³-hybridized carbons (Fsp3) is 0. The molecule has 1 heterocycles. The number of benzene rings is 2. The lowest BCUT2D eigenvalue weighted by Gasteiger charge is -2.07. The fourth-order valence-electron chi connectivity index (χ4n) is 2.04. The molecule has 0 unspecified atom stereocenters. The van der Waals surface area contributed by atoms with E-state index in [0.29, 0.717) is 11.3 Å². The van der Waals surface area contributed by atoms with Crippen molar-refractivity contribution in [1.82, 2.24) is 4.98 Å². The maximum Gasteiger partial charge on any atom is 0.255 e. The van der Waals surface area contributed by atoms with E-state index in [1.165, 1.54) is 0 Å². The minimum Gasteiger partial charge on any atom is -0.398 e. The van der Waals surface area contributed by atoms with Crippen LogP contribution < -0.4 is 11.1 Å². The lowest BCUT2D eigenvalue weighted by Crippen LogP contribution is -2.12. The van der Waals surface area contributed by atoms with Gasteiger partial charge in [-0.25, -0.2) is 0 Å². The molecule has 3 N–H and O–H groups in total. The summed E-state index contributed by atoms with van der Waals surface area (Å²) in [6, 6.07) is 14.5. The molecule has 1 amide bonds. The van der Waals surface area contributed by atoms with Crippen LogP contribution in [0.25, 0.3) is 10.9 Å². The highest BCUT2D eigenvalue weighted by atomic mass is 79.9. The number of nitrogens with zero attached hydrogens (tertiary/aromatic N) is 1. The van der Waals surface area contributed by atoms with E-state index in [0.717, 1.165) is 21.1 Å². The molecule has 3 rings (SSSR count). The largest absolute Gasteiger partial charge is 0.398 e. The van der Waals surface area contributed by atoms with Crippen LogP contribution in [0, 0.1) is 0 Å². The normalized spacial score (nSPS) is 10.5. The van der Waals surface area contributed by atoms with Gasteiger partial charge < -0.3 is 11.1 Å². The number of pyridine rings is 1. The lowest BCUT2D eigenvalue weighted by molar-refractivity contribution is 0.102. The van der Waals surface area contributed by atoms with Crippen LogP contribution in [-0.2, 0) is 0 Å². The standard InChI is InChI=1S/C16H12BrN3O/c17-13-5-3-11(9-14(13)18)16(21)20-12-4-6-15-10(8-12)2-1-7-19-15/h1-9H,18H2,(H,20,21). The molecule has 0 atom stereocenters. The second-order valence-corrected chi connectivity index (χ2v) is 5.46. The SMILES string of the molecule is Nc1cc(C(=O)Nc2ccc3ncccc3c2)ccc1Br. The van der Waals surface area contributed by atoms with E-state index in [1.807, 2.05) is 30.3 Å². The highest BCUT2D eigenvalue weighted by Gasteiger charge is 2.08. The number of amides is 1. The van der Waals surface area contributed by atoms with E-state index in [9.17, 15) is 4.79 Å². The average molecular weight is 342 g/mol. The van der Waals surface area contributed by atoms with Crippen molar-refractivity contribution in [2.24, 2.45) is 0 Å². The maximum atomic E-state index is 12.2. The first-order valence-corrected chi connectivity index (χ1v) is 7.14. The first-order valence-electron chi connectivity index (χ1n) is 6.34. The van der Waals surface area contributed by atoms with Crippen molar-refractivity contribution in [1.29, 1.82) is 0 Å². The number of rotatable bonds is 2. The molecule has 104 valence electrons. The van der Waals surface area contributed by atoms with E-state index in [1.54, 1.807) is 24.4 Å². The van der Waals surface area contributed by atoms with Crippen LogP contribution in [0.3, 0.4) is 0 Å². The number of halogens is 1. The molecule has 0 bridgehead atoms. The van der Waals surface area contributed by atoms with Gasteiger partial charge in [0.2, 0.25) is 0 Å². The zero-order valence-electron chi connectivity index (χ0n) is 11.0. The molecule has 0 saturated carbocycles. The second kappa shape index (κ2) is 5.54. The van der Waals surface area contributed by atoms with Crippen molar-refractivity contribution < 1.29 is 4.79 Å². The minimum atomic E-state index is -0.197. The Hall–Kier alpha value is -2.40. The molecule has 5 heteroatoms. The van der Waals surface area contributed by atoms with Gasteiger partial charge >= 0.3 is 0 Å². The molecule has 4 nitrogen and oxygen atoms in total. The number of carbonyl (C=O) groups excluding carboxylic acids is 1. The van der Waals surface area contributed by atoms with Crippen molar-refractivity contribution in [3.05, 3.63) is 64.8 Å². The van der Waals surface area contributed by atoms with Crippen molar-refractivity contribution in [2.75, 3.05) is 11.1 Å². The number of aromatic nitrogens is 1. The summed E-state index contributed by atoms with van der Waals surface area (Å²) in [5.41, 5.74) is 8.46. The van der Waals surface area contributed by atoms with Gasteiger partial charge in [0.25, 0.3) is 5.91 Å². The number of nitrogens with two attached hydrogens (primary N) is 1. The van der Waals surface area contributed by atoms with Gasteiger partial charge in [-0.15, -0.1) is 0 Å². The molecule has 0 spiro atoms. The Bertz CT molecular complexity index is 833. The summed E-state index contributed by atoms with van der Waals surface area (Å²) in [6.07, 6.45) is 1.74. The summed E-state index contributed by atoms with van der Waals surface area (Å²) >= 11 is 3.31. The monoisotopic (exact) mass is 341 g/mol. The number of hydrogen-bond acceptors (Lipinski definition) is 3. The van der Waals surface area contributed by atoms with Crippen molar-refractivity contribution >= 4 is 44.1 Å². The van der Waals surface area contributed by atoms with E-state index in [4.69, 9.17) is 5.73 Å². The third-order valence-electron chi connectivity index (χ3n) is 3.12. The molecular weight excluding hydrogens is 330 g/mol. The highest BCUT2D eigenvalue weighted by molar-refractivity contribution is 9.10. The fourth-order valence-corrected chi connectivity index (χ4v) is 2.29. The van der Waals surface area contributed by atoms with Gasteiger partial charge in [-0.1, -0.05) is 6.07 Å². The Morgan fingerprint density at radius 2 is 2.00 bits per heavy atom. The van der Waals surface area contributed by atoms with Crippen LogP contribution in [0.2, 0.25) is 0 Å². The van der Waals surface area contributed by atoms with Crippen LogP contribution >= 0.6 is 15.9 Å². The zero-order valence-corrected chi connectivity index (χ0v) is 12.6. The van der Waals surface area contributed by atoms with Gasteiger partial charge in [0.15, 0.2) is 0 Å². The first-order chi connectivity index (χ1) is 10.1. The predicted octanol–water partition coefficient (Wildman–Crippen LogP) is 3.83. The van der Waals surface area contributed by atoms with E-state index < -0.39 is 0 Å². The number of hydrogen-bond donors (Lipinski definition) is 2. The number of nitrogen functional groups attached to an aromatic ring is 1. The average Bonchev–Trinajstić information content (AvgIpc) is 2.50. The van der Waals surface area contributed by atoms with Crippen LogP contribution in [0.1, 0.15) is 10.4 Å². The van der Waals surface area contributed by atoms with Crippen molar-refractivity contribution in [3.8, 4) is 0 Å². The molecule has 3 aromatic rings. The molecule has 0 aliphatic rings. The van der Waals surface area contributed by atoms with Crippen LogP contribution in [0.4, 0.5) is 11.4 Å². The quantitative estimate of drug-likeness (QED) is 0.696. The summed E-state index contributed by atoms with van der Waals surface area (Å²) in [6.45, 7) is 0. The number of carbonyl (C=O) groups is 1. The summed E-state index contributed by atoms with van der Waals surface area (Å²) in [5, 5.41) is 3.84. The number of anilines is 2. The first kappa shape index (κ1) is 13.6.